The predicted molar refractivity (Wildman–Crippen MR) is 166 cm³/mol. The molecule has 3 heterocycles. The topological polar surface area (TPSA) is 153 Å². The summed E-state index contributed by atoms with van der Waals surface area (Å²) in [6, 6.07) is 4.06. The fraction of sp³-hybridized carbons (Fsp3) is 0.567. The van der Waals surface area contributed by atoms with Crippen molar-refractivity contribution >= 4 is 27.0 Å². The third-order valence-corrected chi connectivity index (χ3v) is 9.64. The van der Waals surface area contributed by atoms with Crippen LogP contribution in [0.25, 0.3) is 22.4 Å². The molecular weight excluding hydrogens is 572 g/mol. The number of hydrogen-bond acceptors (Lipinski definition) is 9. The van der Waals surface area contributed by atoms with Gasteiger partial charge in [0.05, 0.1) is 29.2 Å². The molecule has 3 aromatic rings. The molecule has 12 nitrogen and oxygen atoms in total. The van der Waals surface area contributed by atoms with Gasteiger partial charge in [0.1, 0.15) is 23.1 Å². The maximum atomic E-state index is 13.7. The van der Waals surface area contributed by atoms with E-state index in [1.807, 2.05) is 34.0 Å². The fourth-order valence-electron chi connectivity index (χ4n) is 5.27. The number of nitrogens with zero attached hydrogens (tertiary/aromatic N) is 4. The largest absolute Gasteiger partial charge is 0.493 e. The Labute approximate surface area is 253 Å². The highest BCUT2D eigenvalue weighted by molar-refractivity contribution is 7.89. The molecule has 0 unspecified atom stereocenters. The second-order valence-electron chi connectivity index (χ2n) is 11.3. The Hall–Kier alpha value is -3.26. The van der Waals surface area contributed by atoms with Crippen LogP contribution in [0.15, 0.2) is 34.1 Å². The van der Waals surface area contributed by atoms with Crippen LogP contribution in [-0.4, -0.2) is 90.1 Å². The molecule has 0 saturated carbocycles. The number of esters is 1. The van der Waals surface area contributed by atoms with Crippen LogP contribution in [0.5, 0.6) is 5.75 Å². The molecule has 236 valence electrons. The Morgan fingerprint density at radius 3 is 2.53 bits per heavy atom. The lowest BCUT2D eigenvalue weighted by molar-refractivity contribution is -0.146. The average molecular weight is 617 g/mol. The third-order valence-electron chi connectivity index (χ3n) is 7.75. The van der Waals surface area contributed by atoms with Crippen LogP contribution in [0.2, 0.25) is 0 Å². The molecule has 13 heteroatoms. The molecule has 0 amide bonds. The number of aryl methyl sites for hydroxylation is 2. The summed E-state index contributed by atoms with van der Waals surface area (Å²) in [6.07, 6.45) is 4.22. The highest BCUT2D eigenvalue weighted by Gasteiger charge is 2.30. The van der Waals surface area contributed by atoms with Crippen molar-refractivity contribution in [1.82, 2.24) is 23.7 Å². The standard InChI is InChI=1S/C30H44N6O6S/c1-6-9-21-19-34(5)27-26(21)32-28(33-29(27)37)23-18-22(10-11-24(23)41-7-2)43(39,40)36-15-13-35(14-16-36)12-8-17-42-30(38)25(31)20(3)4/h10-11,18-20,25H,6-9,12-17,31H2,1-5H3,(H,32,33,37)/t25-/m0/s1. The van der Waals surface area contributed by atoms with Crippen molar-refractivity contribution in [3.63, 3.8) is 0 Å². The van der Waals surface area contributed by atoms with Gasteiger partial charge in [0.15, 0.2) is 0 Å². The first-order chi connectivity index (χ1) is 20.5. The highest BCUT2D eigenvalue weighted by atomic mass is 32.2. The van der Waals surface area contributed by atoms with Gasteiger partial charge in [-0.25, -0.2) is 13.4 Å². The lowest BCUT2D eigenvalue weighted by atomic mass is 10.1. The van der Waals surface area contributed by atoms with Gasteiger partial charge in [0, 0.05) is 46.0 Å². The summed E-state index contributed by atoms with van der Waals surface area (Å²) in [5, 5.41) is 0. The first-order valence-electron chi connectivity index (χ1n) is 15.0. The van der Waals surface area contributed by atoms with E-state index in [0.29, 0.717) is 68.1 Å². The first-order valence-corrected chi connectivity index (χ1v) is 16.4. The van der Waals surface area contributed by atoms with Crippen LogP contribution in [0.1, 0.15) is 46.1 Å². The van der Waals surface area contributed by atoms with Crippen molar-refractivity contribution in [2.75, 3.05) is 45.9 Å². The number of aromatic amines is 1. The van der Waals surface area contributed by atoms with Gasteiger partial charge in [-0.05, 0) is 49.4 Å². The molecule has 3 N–H and O–H groups in total. The van der Waals surface area contributed by atoms with Crippen molar-refractivity contribution in [2.24, 2.45) is 18.7 Å². The summed E-state index contributed by atoms with van der Waals surface area (Å²) in [6.45, 7) is 10.8. The highest BCUT2D eigenvalue weighted by Crippen LogP contribution is 2.32. The van der Waals surface area contributed by atoms with Gasteiger partial charge in [-0.2, -0.15) is 4.31 Å². The van der Waals surface area contributed by atoms with Crippen LogP contribution in [-0.2, 0) is 33.0 Å². The lowest BCUT2D eigenvalue weighted by Crippen LogP contribution is -2.48. The van der Waals surface area contributed by atoms with Crippen LogP contribution in [0, 0.1) is 5.92 Å². The summed E-state index contributed by atoms with van der Waals surface area (Å²) in [4.78, 5) is 35.0. The zero-order valence-corrected chi connectivity index (χ0v) is 26.6. The molecule has 1 aliphatic rings. The summed E-state index contributed by atoms with van der Waals surface area (Å²) >= 11 is 0. The van der Waals surface area contributed by atoms with E-state index in [1.54, 1.807) is 10.6 Å². The molecule has 4 rings (SSSR count). The van der Waals surface area contributed by atoms with E-state index >= 15 is 0 Å². The number of rotatable bonds is 13. The maximum Gasteiger partial charge on any atom is 0.323 e. The van der Waals surface area contributed by atoms with Gasteiger partial charge in [0.2, 0.25) is 10.0 Å². The molecule has 1 aromatic carbocycles. The number of nitrogens with two attached hydrogens (primary N) is 1. The number of aromatic nitrogens is 3. The predicted octanol–water partition coefficient (Wildman–Crippen LogP) is 2.50. The zero-order valence-electron chi connectivity index (χ0n) is 25.8. The minimum absolute atomic E-state index is 0.0127. The first kappa shape index (κ1) is 32.6. The van der Waals surface area contributed by atoms with Gasteiger partial charge in [-0.15, -0.1) is 0 Å². The van der Waals surface area contributed by atoms with E-state index in [2.05, 4.69) is 16.8 Å². The number of H-pyrrole nitrogens is 1. The Balaban J connectivity index is 1.50. The molecule has 1 aliphatic heterocycles. The van der Waals surface area contributed by atoms with Crippen LogP contribution < -0.4 is 16.0 Å². The van der Waals surface area contributed by atoms with Crippen molar-refractivity contribution in [2.45, 2.75) is 57.9 Å². The van der Waals surface area contributed by atoms with E-state index in [4.69, 9.17) is 20.2 Å². The quantitative estimate of drug-likeness (QED) is 0.218. The lowest BCUT2D eigenvalue weighted by Gasteiger charge is -2.34. The van der Waals surface area contributed by atoms with Crippen molar-refractivity contribution in [3.8, 4) is 17.1 Å². The average Bonchev–Trinajstić information content (AvgIpc) is 3.30. The minimum atomic E-state index is -3.82. The van der Waals surface area contributed by atoms with Gasteiger partial charge >= 0.3 is 5.97 Å². The molecule has 0 radical (unpaired) electrons. The number of carbonyl (C=O) groups is 1. The molecule has 0 aliphatic carbocycles. The molecule has 1 saturated heterocycles. The van der Waals surface area contributed by atoms with E-state index in [-0.39, 0.29) is 28.8 Å². The molecule has 1 fully saturated rings. The van der Waals surface area contributed by atoms with Crippen molar-refractivity contribution in [3.05, 3.63) is 40.3 Å². The Morgan fingerprint density at radius 1 is 1.16 bits per heavy atom. The van der Waals surface area contributed by atoms with E-state index < -0.39 is 22.0 Å². The number of carbonyl (C=O) groups excluding carboxylic acids is 1. The van der Waals surface area contributed by atoms with E-state index in [0.717, 1.165) is 18.4 Å². The number of benzene rings is 1. The van der Waals surface area contributed by atoms with Crippen molar-refractivity contribution < 1.29 is 22.7 Å². The number of hydrogen-bond donors (Lipinski definition) is 2. The molecule has 1 atom stereocenters. The Bertz CT molecular complexity index is 1590. The number of sulfonamides is 1. The SMILES string of the molecule is CCCc1cn(C)c2c(=O)[nH]c(-c3cc(S(=O)(=O)N4CCN(CCCOC(=O)[C@@H](N)C(C)C)CC4)ccc3OCC)nc12. The van der Waals surface area contributed by atoms with E-state index in [9.17, 15) is 18.0 Å². The van der Waals surface area contributed by atoms with Gasteiger partial charge in [-0.3, -0.25) is 9.59 Å². The van der Waals surface area contributed by atoms with Gasteiger partial charge < -0.3 is 29.7 Å². The molecular formula is C30H44N6O6S. The maximum absolute atomic E-state index is 13.7. The third kappa shape index (κ3) is 7.28. The normalized spacial score (nSPS) is 15.7. The zero-order chi connectivity index (χ0) is 31.3. The second-order valence-corrected chi connectivity index (χ2v) is 13.2. The fourth-order valence-corrected chi connectivity index (χ4v) is 6.71. The summed E-state index contributed by atoms with van der Waals surface area (Å²) in [5.41, 5.74) is 7.99. The molecule has 2 aromatic heterocycles. The molecule has 0 spiro atoms. The minimum Gasteiger partial charge on any atom is -0.493 e. The summed E-state index contributed by atoms with van der Waals surface area (Å²) in [5.74, 6) is 0.321. The summed E-state index contributed by atoms with van der Waals surface area (Å²) < 4.78 is 41.8. The number of nitrogens with one attached hydrogen (secondary N) is 1. The summed E-state index contributed by atoms with van der Waals surface area (Å²) in [7, 11) is -2.01. The van der Waals surface area contributed by atoms with E-state index in [1.165, 1.54) is 16.4 Å². The van der Waals surface area contributed by atoms with Crippen LogP contribution in [0.3, 0.4) is 0 Å². The van der Waals surface area contributed by atoms with Crippen LogP contribution >= 0.6 is 0 Å². The number of ether oxygens (including phenoxy) is 2. The molecule has 0 bridgehead atoms. The Morgan fingerprint density at radius 2 is 1.88 bits per heavy atom. The van der Waals surface area contributed by atoms with Gasteiger partial charge in [0.25, 0.3) is 5.56 Å². The van der Waals surface area contributed by atoms with Crippen molar-refractivity contribution in [1.29, 1.82) is 0 Å². The monoisotopic (exact) mass is 616 g/mol. The number of fused-ring (bicyclic) bond motifs is 1. The second kappa shape index (κ2) is 14.0. The Kier molecular flexibility index (Phi) is 10.6. The van der Waals surface area contributed by atoms with Gasteiger partial charge in [-0.1, -0.05) is 27.2 Å². The van der Waals surface area contributed by atoms with Crippen LogP contribution in [0.4, 0.5) is 0 Å². The number of piperazine rings is 1. The molecule has 43 heavy (non-hydrogen) atoms. The smallest absolute Gasteiger partial charge is 0.323 e.